The first kappa shape index (κ1) is 20.7. The van der Waals surface area contributed by atoms with Crippen LogP contribution in [0.3, 0.4) is 0 Å². The van der Waals surface area contributed by atoms with Crippen molar-refractivity contribution in [3.05, 3.63) is 58.9 Å². The van der Waals surface area contributed by atoms with E-state index in [4.69, 9.17) is 16.7 Å². The molecule has 3 nitrogen and oxygen atoms in total. The van der Waals surface area contributed by atoms with Crippen molar-refractivity contribution < 1.29 is 4.79 Å². The highest BCUT2D eigenvalue weighted by atomic mass is 35.5. The molecule has 0 unspecified atom stereocenters. The number of ketones is 1. The minimum absolute atomic E-state index is 0.256. The van der Waals surface area contributed by atoms with Crippen LogP contribution in [0.25, 0.3) is 5.69 Å². The largest absolute Gasteiger partial charge is 0.295 e. The van der Waals surface area contributed by atoms with Gasteiger partial charge in [-0.15, -0.1) is 0 Å². The quantitative estimate of drug-likeness (QED) is 0.489. The van der Waals surface area contributed by atoms with E-state index < -0.39 is 0 Å². The number of fused-ring (bicyclic) bond motifs is 5. The fourth-order valence-corrected chi connectivity index (χ4v) is 8.43. The highest BCUT2D eigenvalue weighted by Gasteiger charge is 2.59. The van der Waals surface area contributed by atoms with Crippen LogP contribution in [0.2, 0.25) is 5.02 Å². The van der Waals surface area contributed by atoms with Gasteiger partial charge >= 0.3 is 0 Å². The van der Waals surface area contributed by atoms with E-state index in [0.717, 1.165) is 47.7 Å². The van der Waals surface area contributed by atoms with Crippen LogP contribution in [0.4, 0.5) is 0 Å². The second-order valence-electron chi connectivity index (χ2n) is 11.3. The van der Waals surface area contributed by atoms with Gasteiger partial charge in [-0.3, -0.25) is 4.79 Å². The first-order valence-corrected chi connectivity index (χ1v) is 12.8. The van der Waals surface area contributed by atoms with Gasteiger partial charge in [0.05, 0.1) is 11.4 Å². The highest BCUT2D eigenvalue weighted by molar-refractivity contribution is 6.30. The van der Waals surface area contributed by atoms with E-state index in [9.17, 15) is 4.79 Å². The molecule has 0 bridgehead atoms. The summed E-state index contributed by atoms with van der Waals surface area (Å²) in [5.74, 6) is 3.22. The molecule has 6 rings (SSSR count). The molecule has 32 heavy (non-hydrogen) atoms. The van der Waals surface area contributed by atoms with Crippen molar-refractivity contribution in [3.63, 3.8) is 0 Å². The smallest absolute Gasteiger partial charge is 0.155 e. The summed E-state index contributed by atoms with van der Waals surface area (Å²) in [6.07, 6.45) is 13.5. The number of nitrogens with zero attached hydrogens (tertiary/aromatic N) is 2. The summed E-state index contributed by atoms with van der Waals surface area (Å²) < 4.78 is 2.01. The summed E-state index contributed by atoms with van der Waals surface area (Å²) in [6, 6.07) is 10.2. The van der Waals surface area contributed by atoms with Gasteiger partial charge in [0.1, 0.15) is 0 Å². The van der Waals surface area contributed by atoms with Crippen molar-refractivity contribution in [2.45, 2.75) is 71.1 Å². The van der Waals surface area contributed by atoms with E-state index in [2.05, 4.69) is 26.1 Å². The van der Waals surface area contributed by atoms with Crippen LogP contribution in [0, 0.1) is 28.6 Å². The van der Waals surface area contributed by atoms with E-state index >= 15 is 0 Å². The number of rotatable bonds is 2. The molecule has 4 aliphatic rings. The summed E-state index contributed by atoms with van der Waals surface area (Å²) in [5, 5.41) is 5.80. The van der Waals surface area contributed by atoms with Crippen molar-refractivity contribution in [2.24, 2.45) is 28.6 Å². The first-order chi connectivity index (χ1) is 15.4. The van der Waals surface area contributed by atoms with Gasteiger partial charge in [0.2, 0.25) is 0 Å². The minimum Gasteiger partial charge on any atom is -0.295 e. The van der Waals surface area contributed by atoms with Crippen LogP contribution >= 0.6 is 11.6 Å². The Morgan fingerprint density at radius 2 is 1.78 bits per heavy atom. The normalized spacial score (nSPS) is 38.6. The monoisotopic (exact) mass is 448 g/mol. The molecule has 2 aromatic rings. The Balaban J connectivity index is 1.28. The number of carbonyl (C=O) groups excluding carboxylic acids is 1. The minimum atomic E-state index is 0.256. The van der Waals surface area contributed by atoms with Crippen molar-refractivity contribution >= 4 is 17.4 Å². The Labute approximate surface area is 196 Å². The summed E-state index contributed by atoms with van der Waals surface area (Å²) in [6.45, 7) is 5.04. The summed E-state index contributed by atoms with van der Waals surface area (Å²) in [4.78, 5) is 12.1. The van der Waals surface area contributed by atoms with Crippen LogP contribution in [0.5, 0.6) is 0 Å². The zero-order valence-electron chi connectivity index (χ0n) is 19.2. The fraction of sp³-hybridized carbons (Fsp3) is 0.571. The van der Waals surface area contributed by atoms with Gasteiger partial charge < -0.3 is 0 Å². The van der Waals surface area contributed by atoms with Crippen molar-refractivity contribution in [2.75, 3.05) is 0 Å². The molecule has 0 amide bonds. The zero-order chi connectivity index (χ0) is 22.1. The number of aromatic nitrogens is 2. The van der Waals surface area contributed by atoms with E-state index in [1.807, 2.05) is 35.0 Å². The van der Waals surface area contributed by atoms with Crippen molar-refractivity contribution in [1.29, 1.82) is 0 Å². The SMILES string of the molecule is C[C@]12CC[C@H]3[C@@H](CCC4=CC(=O)CC[C@@]43C)[C@@H]1CC[C@@H]2c1ccn(-c2ccc(Cl)cc2)n1. The van der Waals surface area contributed by atoms with Crippen molar-refractivity contribution in [3.8, 4) is 5.69 Å². The maximum Gasteiger partial charge on any atom is 0.155 e. The summed E-state index contributed by atoms with van der Waals surface area (Å²) in [7, 11) is 0. The summed E-state index contributed by atoms with van der Waals surface area (Å²) in [5.41, 5.74) is 4.38. The predicted octanol–water partition coefficient (Wildman–Crippen LogP) is 7.14. The second-order valence-corrected chi connectivity index (χ2v) is 11.7. The lowest BCUT2D eigenvalue weighted by Crippen LogP contribution is -2.50. The Morgan fingerprint density at radius 1 is 0.969 bits per heavy atom. The van der Waals surface area contributed by atoms with Crippen LogP contribution < -0.4 is 0 Å². The number of hydrogen-bond donors (Lipinski definition) is 0. The van der Waals surface area contributed by atoms with Gasteiger partial charge in [0.25, 0.3) is 0 Å². The fourth-order valence-electron chi connectivity index (χ4n) is 8.31. The van der Waals surface area contributed by atoms with Gasteiger partial charge in [0, 0.05) is 23.6 Å². The average Bonchev–Trinajstić information content (AvgIpc) is 3.39. The van der Waals surface area contributed by atoms with Gasteiger partial charge in [-0.1, -0.05) is 31.0 Å². The Bertz CT molecular complexity index is 1090. The molecule has 1 aromatic heterocycles. The molecule has 0 aliphatic heterocycles. The molecule has 6 atom stereocenters. The predicted molar refractivity (Wildman–Crippen MR) is 128 cm³/mol. The van der Waals surface area contributed by atoms with Gasteiger partial charge in [0.15, 0.2) is 5.78 Å². The Hall–Kier alpha value is -1.87. The number of carbonyl (C=O) groups is 1. The molecule has 1 heterocycles. The van der Waals surface area contributed by atoms with Crippen LogP contribution in [0.1, 0.15) is 76.8 Å². The van der Waals surface area contributed by atoms with Crippen LogP contribution in [0.15, 0.2) is 48.2 Å². The van der Waals surface area contributed by atoms with Crippen LogP contribution in [-0.4, -0.2) is 15.6 Å². The third-order valence-electron chi connectivity index (χ3n) is 10.0. The van der Waals surface area contributed by atoms with Crippen LogP contribution in [-0.2, 0) is 4.79 Å². The molecule has 1 aromatic carbocycles. The van der Waals surface area contributed by atoms with E-state index in [0.29, 0.717) is 17.1 Å². The highest BCUT2D eigenvalue weighted by Crippen LogP contribution is 2.68. The number of allylic oxidation sites excluding steroid dienone is 1. The van der Waals surface area contributed by atoms with E-state index in [-0.39, 0.29) is 5.41 Å². The lowest BCUT2D eigenvalue weighted by Gasteiger charge is -2.58. The van der Waals surface area contributed by atoms with Gasteiger partial charge in [-0.2, -0.15) is 5.10 Å². The summed E-state index contributed by atoms with van der Waals surface area (Å²) >= 11 is 6.07. The molecule has 168 valence electrons. The average molecular weight is 449 g/mol. The number of hydrogen-bond acceptors (Lipinski definition) is 2. The van der Waals surface area contributed by atoms with Crippen molar-refractivity contribution in [1.82, 2.24) is 9.78 Å². The molecule has 3 fully saturated rings. The molecular formula is C28H33ClN2O. The molecular weight excluding hydrogens is 416 g/mol. The molecule has 0 spiro atoms. The lowest BCUT2D eigenvalue weighted by atomic mass is 9.47. The standard InChI is InChI=1S/C28H33ClN2O/c1-27-14-11-21(32)17-18(27)3-8-22-23-9-10-25(28(23,2)15-12-24(22)27)26-13-16-31(30-26)20-6-4-19(29)5-7-20/h4-7,13,16-17,22-25H,3,8-12,14-15H2,1-2H3/t22-,23-,24-,25+,27-,28-/m0/s1. The Morgan fingerprint density at radius 3 is 2.59 bits per heavy atom. The lowest BCUT2D eigenvalue weighted by molar-refractivity contribution is -0.117. The van der Waals surface area contributed by atoms with E-state index in [1.54, 1.807) is 0 Å². The second kappa shape index (κ2) is 7.32. The molecule has 3 saturated carbocycles. The third kappa shape index (κ3) is 3.00. The number of halogens is 1. The molecule has 0 radical (unpaired) electrons. The molecule has 4 heteroatoms. The molecule has 4 aliphatic carbocycles. The number of benzene rings is 1. The first-order valence-electron chi connectivity index (χ1n) is 12.4. The maximum absolute atomic E-state index is 12.1. The third-order valence-corrected chi connectivity index (χ3v) is 10.3. The van der Waals surface area contributed by atoms with Gasteiger partial charge in [-0.25, -0.2) is 4.68 Å². The van der Waals surface area contributed by atoms with Gasteiger partial charge in [-0.05, 0) is 110 Å². The maximum atomic E-state index is 12.1. The molecule has 0 N–H and O–H groups in total. The topological polar surface area (TPSA) is 34.9 Å². The zero-order valence-corrected chi connectivity index (χ0v) is 19.9. The molecule has 0 saturated heterocycles. The van der Waals surface area contributed by atoms with E-state index in [1.165, 1.54) is 43.4 Å². The Kier molecular flexibility index (Phi) is 4.74.